The van der Waals surface area contributed by atoms with Crippen LogP contribution in [0.25, 0.3) is 21.7 Å². The molecule has 2 unspecified atom stereocenters. The molecule has 0 radical (unpaired) electrons. The van der Waals surface area contributed by atoms with Crippen LogP contribution < -0.4 is 20.9 Å². The third kappa shape index (κ3) is 5.97. The summed E-state index contributed by atoms with van der Waals surface area (Å²) in [5.74, 6) is -4.45. The molecule has 2 aromatic carbocycles. The van der Waals surface area contributed by atoms with Crippen LogP contribution in [-0.4, -0.2) is 51.7 Å². The maximum Gasteiger partial charge on any atom is 0.516 e. The number of furan rings is 1. The van der Waals surface area contributed by atoms with E-state index in [4.69, 9.17) is 34.8 Å². The van der Waals surface area contributed by atoms with Crippen molar-refractivity contribution in [2.45, 2.75) is 57.9 Å². The lowest BCUT2D eigenvalue weighted by molar-refractivity contribution is -0.161. The Morgan fingerprint density at radius 3 is 1.68 bits per heavy atom. The summed E-state index contributed by atoms with van der Waals surface area (Å²) in [5, 5.41) is 19.1. The molecule has 0 spiro atoms. The van der Waals surface area contributed by atoms with Crippen molar-refractivity contribution < 1.29 is 57.6 Å². The topological polar surface area (TPSA) is 228 Å². The molecule has 214 valence electrons. The standard InChI is InChI=1S/C26H28N2O12/c1-4-10-25(27,21(30)31)39-23(34)37-18-14-8-6-7-9-15(14)19(20-16(18)12-17(36-20)13(3)29)38-24(35)40-26(28,11-5-2)22(32)33/h6-9,12H,4-5,10-11,27-28H2,1-3H3,(H,30,31)(H,32,33). The second-order valence-corrected chi connectivity index (χ2v) is 8.91. The monoisotopic (exact) mass is 560 g/mol. The fourth-order valence-electron chi connectivity index (χ4n) is 3.91. The predicted octanol–water partition coefficient (Wildman–Crippen LogP) is 3.90. The number of ketones is 1. The van der Waals surface area contributed by atoms with Gasteiger partial charge in [0, 0.05) is 30.5 Å². The van der Waals surface area contributed by atoms with Crippen molar-refractivity contribution in [2.24, 2.45) is 11.5 Å². The summed E-state index contributed by atoms with van der Waals surface area (Å²) in [4.78, 5) is 60.8. The number of rotatable bonds is 11. The first-order valence-electron chi connectivity index (χ1n) is 12.1. The highest BCUT2D eigenvalue weighted by molar-refractivity contribution is 6.12. The Morgan fingerprint density at radius 1 is 0.800 bits per heavy atom. The summed E-state index contributed by atoms with van der Waals surface area (Å²) in [7, 11) is 0. The van der Waals surface area contributed by atoms with Crippen LogP contribution in [0.2, 0.25) is 0 Å². The van der Waals surface area contributed by atoms with Crippen molar-refractivity contribution in [3.8, 4) is 11.5 Å². The number of fused-ring (bicyclic) bond motifs is 2. The van der Waals surface area contributed by atoms with E-state index in [-0.39, 0.29) is 64.7 Å². The molecule has 2 atom stereocenters. The highest BCUT2D eigenvalue weighted by Gasteiger charge is 2.40. The van der Waals surface area contributed by atoms with Crippen LogP contribution in [-0.2, 0) is 19.1 Å². The minimum absolute atomic E-state index is 0.0390. The van der Waals surface area contributed by atoms with E-state index in [2.05, 4.69) is 0 Å². The Morgan fingerprint density at radius 2 is 1.25 bits per heavy atom. The average molecular weight is 561 g/mol. The molecule has 0 saturated heterocycles. The minimum Gasteiger partial charge on any atom is -0.477 e. The van der Waals surface area contributed by atoms with Crippen molar-refractivity contribution in [1.29, 1.82) is 0 Å². The number of aliphatic carboxylic acids is 2. The minimum atomic E-state index is -2.38. The first-order chi connectivity index (χ1) is 18.8. The molecule has 40 heavy (non-hydrogen) atoms. The van der Waals surface area contributed by atoms with Crippen LogP contribution in [0.1, 0.15) is 57.0 Å². The zero-order valence-corrected chi connectivity index (χ0v) is 21.8. The zero-order chi connectivity index (χ0) is 29.8. The summed E-state index contributed by atoms with van der Waals surface area (Å²) in [6.45, 7) is 4.48. The van der Waals surface area contributed by atoms with Gasteiger partial charge in [-0.1, -0.05) is 51.0 Å². The zero-order valence-electron chi connectivity index (χ0n) is 21.8. The van der Waals surface area contributed by atoms with E-state index >= 15 is 0 Å². The molecule has 6 N–H and O–H groups in total. The molecular weight excluding hydrogens is 532 g/mol. The van der Waals surface area contributed by atoms with Gasteiger partial charge >= 0.3 is 24.2 Å². The van der Waals surface area contributed by atoms with Gasteiger partial charge in [-0.25, -0.2) is 19.2 Å². The third-order valence-electron chi connectivity index (χ3n) is 5.81. The average Bonchev–Trinajstić information content (AvgIpc) is 3.32. The maximum atomic E-state index is 12.7. The molecule has 0 saturated carbocycles. The second kappa shape index (κ2) is 11.6. The smallest absolute Gasteiger partial charge is 0.477 e. The molecule has 0 amide bonds. The second-order valence-electron chi connectivity index (χ2n) is 8.91. The van der Waals surface area contributed by atoms with Crippen LogP contribution >= 0.6 is 0 Å². The molecular formula is C26H28N2O12. The lowest BCUT2D eigenvalue weighted by Crippen LogP contribution is -2.52. The lowest BCUT2D eigenvalue weighted by Gasteiger charge is -2.24. The number of hydrogen-bond acceptors (Lipinski definition) is 12. The molecule has 0 fully saturated rings. The van der Waals surface area contributed by atoms with E-state index in [0.29, 0.717) is 0 Å². The van der Waals surface area contributed by atoms with Gasteiger partial charge in [-0.2, -0.15) is 0 Å². The van der Waals surface area contributed by atoms with E-state index in [0.717, 1.165) is 0 Å². The Balaban J connectivity index is 2.14. The summed E-state index contributed by atoms with van der Waals surface area (Å²) < 4.78 is 26.2. The third-order valence-corrected chi connectivity index (χ3v) is 5.81. The van der Waals surface area contributed by atoms with Crippen molar-refractivity contribution in [3.05, 3.63) is 36.1 Å². The van der Waals surface area contributed by atoms with Gasteiger partial charge in [-0.3, -0.25) is 16.3 Å². The summed E-state index contributed by atoms with van der Waals surface area (Å²) >= 11 is 0. The van der Waals surface area contributed by atoms with Gasteiger partial charge < -0.3 is 33.6 Å². The molecule has 1 aromatic heterocycles. The van der Waals surface area contributed by atoms with Gasteiger partial charge in [0.2, 0.25) is 0 Å². The Kier molecular flexibility index (Phi) is 8.65. The normalized spacial score (nSPS) is 14.1. The number of ether oxygens (including phenoxy) is 4. The number of benzene rings is 2. The van der Waals surface area contributed by atoms with Crippen LogP contribution in [0.4, 0.5) is 9.59 Å². The van der Waals surface area contributed by atoms with E-state index < -0.39 is 41.5 Å². The van der Waals surface area contributed by atoms with Crippen LogP contribution in [0.5, 0.6) is 11.5 Å². The van der Waals surface area contributed by atoms with Crippen molar-refractivity contribution in [1.82, 2.24) is 0 Å². The lowest BCUT2D eigenvalue weighted by atomic mass is 10.1. The number of Topliss-reactive ketones (excluding diaryl/α,β-unsaturated/α-hetero) is 1. The Labute approximate surface area is 226 Å². The highest BCUT2D eigenvalue weighted by Crippen LogP contribution is 2.45. The van der Waals surface area contributed by atoms with Gasteiger partial charge in [0.15, 0.2) is 28.6 Å². The first kappa shape index (κ1) is 29.9. The molecule has 14 nitrogen and oxygen atoms in total. The van der Waals surface area contributed by atoms with Gasteiger partial charge in [-0.15, -0.1) is 0 Å². The number of carbonyl (C=O) groups excluding carboxylic acids is 3. The predicted molar refractivity (Wildman–Crippen MR) is 137 cm³/mol. The van der Waals surface area contributed by atoms with Gasteiger partial charge in [0.1, 0.15) is 0 Å². The van der Waals surface area contributed by atoms with Crippen molar-refractivity contribution >= 4 is 51.8 Å². The van der Waals surface area contributed by atoms with E-state index in [1.165, 1.54) is 25.1 Å². The van der Waals surface area contributed by atoms with Gasteiger partial charge in [-0.05, 0) is 6.07 Å². The molecule has 0 aliphatic heterocycles. The Bertz CT molecular complexity index is 1390. The summed E-state index contributed by atoms with van der Waals surface area (Å²) in [6, 6.07) is 7.23. The molecule has 14 heteroatoms. The SMILES string of the molecule is CCCC(N)(OC(=O)Oc1c2ccccc2c(OC(=O)OC(N)(CCC)C(=O)O)c2oc(C(C)=O)cc12)C(=O)O. The van der Waals surface area contributed by atoms with Crippen LogP contribution in [0.15, 0.2) is 34.7 Å². The van der Waals surface area contributed by atoms with Crippen LogP contribution in [0, 0.1) is 0 Å². The van der Waals surface area contributed by atoms with Crippen molar-refractivity contribution in [2.75, 3.05) is 0 Å². The number of carboxylic acid groups (broad SMARTS) is 2. The molecule has 0 aliphatic rings. The van der Waals surface area contributed by atoms with Gasteiger partial charge in [0.25, 0.3) is 11.4 Å². The quantitative estimate of drug-likeness (QED) is 0.113. The van der Waals surface area contributed by atoms with Crippen LogP contribution in [0.3, 0.4) is 0 Å². The molecule has 3 aromatic rings. The van der Waals surface area contributed by atoms with E-state index in [1.807, 2.05) is 0 Å². The fourth-order valence-corrected chi connectivity index (χ4v) is 3.91. The number of nitrogens with two attached hydrogens (primary N) is 2. The molecule has 3 rings (SSSR count). The number of hydrogen-bond donors (Lipinski definition) is 4. The molecule has 1 heterocycles. The highest BCUT2D eigenvalue weighted by atomic mass is 16.8. The number of carboxylic acids is 2. The van der Waals surface area contributed by atoms with Crippen molar-refractivity contribution in [3.63, 3.8) is 0 Å². The Hall–Kier alpha value is -4.69. The van der Waals surface area contributed by atoms with Gasteiger partial charge in [0.05, 0.1) is 5.39 Å². The molecule has 0 aliphatic carbocycles. The first-order valence-corrected chi connectivity index (χ1v) is 12.1. The maximum absolute atomic E-state index is 12.7. The van der Waals surface area contributed by atoms with E-state index in [9.17, 15) is 34.2 Å². The fraction of sp³-hybridized carbons (Fsp3) is 0.346. The molecule has 0 bridgehead atoms. The summed E-state index contributed by atoms with van der Waals surface area (Å²) in [5.41, 5.74) is 6.48. The van der Waals surface area contributed by atoms with E-state index in [1.54, 1.807) is 26.0 Å². The summed E-state index contributed by atoms with van der Waals surface area (Å²) in [6.07, 6.45) is -2.81. The largest absolute Gasteiger partial charge is 0.516 e. The number of carbonyl (C=O) groups is 5.